The Labute approximate surface area is 122 Å². The second-order valence-electron chi connectivity index (χ2n) is 6.86. The molecule has 2 atom stereocenters. The second-order valence-corrected chi connectivity index (χ2v) is 6.86. The van der Waals surface area contributed by atoms with Gasteiger partial charge in [0.2, 0.25) is 0 Å². The number of amides is 2. The summed E-state index contributed by atoms with van der Waals surface area (Å²) in [4.78, 5) is 15.5. The highest BCUT2D eigenvalue weighted by Crippen LogP contribution is 2.38. The van der Waals surface area contributed by atoms with Crippen molar-refractivity contribution in [1.82, 2.24) is 15.1 Å². The van der Waals surface area contributed by atoms with E-state index in [0.717, 1.165) is 38.8 Å². The summed E-state index contributed by atoms with van der Waals surface area (Å²) in [7, 11) is 3.61. The van der Waals surface area contributed by atoms with Gasteiger partial charge in [-0.25, -0.2) is 4.79 Å². The number of nitrogens with one attached hydrogen (secondary N) is 1. The Morgan fingerprint density at radius 3 is 2.55 bits per heavy atom. The van der Waals surface area contributed by atoms with Gasteiger partial charge in [-0.2, -0.15) is 0 Å². The third-order valence-electron chi connectivity index (χ3n) is 5.03. The summed E-state index contributed by atoms with van der Waals surface area (Å²) in [6, 6.07) is 1.02. The van der Waals surface area contributed by atoms with Crippen LogP contribution in [0.2, 0.25) is 0 Å². The molecule has 1 aliphatic heterocycles. The zero-order valence-corrected chi connectivity index (χ0v) is 13.1. The predicted octanol–water partition coefficient (Wildman–Crippen LogP) is 1.27. The zero-order valence-electron chi connectivity index (χ0n) is 13.1. The number of carbonyl (C=O) groups excluding carboxylic acids is 1. The molecule has 2 unspecified atom stereocenters. The molecule has 2 aliphatic rings. The fourth-order valence-corrected chi connectivity index (χ4v) is 3.51. The Balaban J connectivity index is 1.81. The van der Waals surface area contributed by atoms with Gasteiger partial charge in [0.15, 0.2) is 0 Å². The van der Waals surface area contributed by atoms with Crippen LogP contribution in [0.25, 0.3) is 0 Å². The number of hydrogen-bond acceptors (Lipinski definition) is 3. The molecule has 1 saturated heterocycles. The Hall–Kier alpha value is -0.810. The van der Waals surface area contributed by atoms with Crippen LogP contribution in [-0.4, -0.2) is 66.8 Å². The first-order valence-corrected chi connectivity index (χ1v) is 7.79. The molecule has 0 radical (unpaired) electrons. The van der Waals surface area contributed by atoms with Crippen LogP contribution in [0.5, 0.6) is 0 Å². The van der Waals surface area contributed by atoms with Crippen molar-refractivity contribution in [2.75, 3.05) is 33.8 Å². The molecule has 0 aromatic carbocycles. The van der Waals surface area contributed by atoms with E-state index in [1.807, 2.05) is 4.90 Å². The van der Waals surface area contributed by atoms with Crippen molar-refractivity contribution in [2.45, 2.75) is 51.1 Å². The summed E-state index contributed by atoms with van der Waals surface area (Å²) in [5.41, 5.74) is 0.0383. The number of rotatable bonds is 3. The molecule has 5 heteroatoms. The standard InChI is InChI=1S/C15H29N3O2/c1-15(11-19)8-4-5-13(15)16-12-6-9-18(10-7-12)14(20)17(2)3/h12-13,16,19H,4-11H2,1-3H3. The fourth-order valence-electron chi connectivity index (χ4n) is 3.51. The summed E-state index contributed by atoms with van der Waals surface area (Å²) in [6.45, 7) is 4.11. The molecule has 0 aromatic heterocycles. The molecule has 1 heterocycles. The number of carbonyl (C=O) groups is 1. The third kappa shape index (κ3) is 3.26. The van der Waals surface area contributed by atoms with Crippen molar-refractivity contribution >= 4 is 6.03 Å². The van der Waals surface area contributed by atoms with E-state index in [9.17, 15) is 9.90 Å². The van der Waals surface area contributed by atoms with Gasteiger partial charge in [0.05, 0.1) is 0 Å². The lowest BCUT2D eigenvalue weighted by atomic mass is 9.85. The first-order chi connectivity index (χ1) is 9.46. The summed E-state index contributed by atoms with van der Waals surface area (Å²) in [5, 5.41) is 13.3. The van der Waals surface area contributed by atoms with Gasteiger partial charge in [0.1, 0.15) is 0 Å². The van der Waals surface area contributed by atoms with Gasteiger partial charge in [-0.15, -0.1) is 0 Å². The van der Waals surface area contributed by atoms with Crippen molar-refractivity contribution in [1.29, 1.82) is 0 Å². The van der Waals surface area contributed by atoms with Crippen molar-refractivity contribution in [2.24, 2.45) is 5.41 Å². The number of likely N-dealkylation sites (tertiary alicyclic amines) is 1. The summed E-state index contributed by atoms with van der Waals surface area (Å²) < 4.78 is 0. The van der Waals surface area contributed by atoms with Crippen LogP contribution in [0.1, 0.15) is 39.0 Å². The lowest BCUT2D eigenvalue weighted by molar-refractivity contribution is 0.103. The lowest BCUT2D eigenvalue weighted by Crippen LogP contribution is -2.52. The molecule has 2 rings (SSSR count). The zero-order chi connectivity index (χ0) is 14.8. The topological polar surface area (TPSA) is 55.8 Å². The molecule has 5 nitrogen and oxygen atoms in total. The largest absolute Gasteiger partial charge is 0.396 e. The van der Waals surface area contributed by atoms with E-state index in [1.54, 1.807) is 19.0 Å². The Morgan fingerprint density at radius 2 is 2.00 bits per heavy atom. The van der Waals surface area contributed by atoms with E-state index < -0.39 is 0 Å². The van der Waals surface area contributed by atoms with Gasteiger partial charge >= 0.3 is 6.03 Å². The van der Waals surface area contributed by atoms with Gasteiger partial charge in [0.25, 0.3) is 0 Å². The van der Waals surface area contributed by atoms with Crippen LogP contribution in [0, 0.1) is 5.41 Å². The molecule has 1 saturated carbocycles. The maximum Gasteiger partial charge on any atom is 0.319 e. The summed E-state index contributed by atoms with van der Waals surface area (Å²) in [5.74, 6) is 0. The monoisotopic (exact) mass is 283 g/mol. The third-order valence-corrected chi connectivity index (χ3v) is 5.03. The van der Waals surface area contributed by atoms with E-state index >= 15 is 0 Å². The van der Waals surface area contributed by atoms with E-state index in [4.69, 9.17) is 0 Å². The molecular weight excluding hydrogens is 254 g/mol. The second kappa shape index (κ2) is 6.31. The average molecular weight is 283 g/mol. The number of piperidine rings is 1. The lowest BCUT2D eigenvalue weighted by Gasteiger charge is -2.38. The minimum absolute atomic E-state index is 0.0383. The molecule has 0 aromatic rings. The van der Waals surface area contributed by atoms with Crippen LogP contribution >= 0.6 is 0 Å². The van der Waals surface area contributed by atoms with E-state index in [1.165, 1.54) is 6.42 Å². The van der Waals surface area contributed by atoms with Crippen LogP contribution in [0.3, 0.4) is 0 Å². The molecule has 1 aliphatic carbocycles. The number of urea groups is 1. The van der Waals surface area contributed by atoms with Crippen molar-refractivity contribution in [3.63, 3.8) is 0 Å². The van der Waals surface area contributed by atoms with Gasteiger partial charge in [-0.1, -0.05) is 13.3 Å². The molecule has 0 bridgehead atoms. The first-order valence-electron chi connectivity index (χ1n) is 7.79. The Kier molecular flexibility index (Phi) is 4.91. The minimum Gasteiger partial charge on any atom is -0.396 e. The number of aliphatic hydroxyl groups is 1. The molecule has 2 N–H and O–H groups in total. The maximum atomic E-state index is 11.9. The Morgan fingerprint density at radius 1 is 1.35 bits per heavy atom. The minimum atomic E-state index is 0.0383. The summed E-state index contributed by atoms with van der Waals surface area (Å²) in [6.07, 6.45) is 5.49. The molecule has 20 heavy (non-hydrogen) atoms. The molecule has 2 amide bonds. The van der Waals surface area contributed by atoms with Crippen LogP contribution < -0.4 is 5.32 Å². The van der Waals surface area contributed by atoms with Crippen LogP contribution in [0.15, 0.2) is 0 Å². The van der Waals surface area contributed by atoms with E-state index in [-0.39, 0.29) is 18.1 Å². The molecular formula is C15H29N3O2. The summed E-state index contributed by atoms with van der Waals surface area (Å²) >= 11 is 0. The highest BCUT2D eigenvalue weighted by molar-refractivity contribution is 5.73. The molecule has 0 spiro atoms. The van der Waals surface area contributed by atoms with E-state index in [0.29, 0.717) is 12.1 Å². The number of hydrogen-bond donors (Lipinski definition) is 2. The van der Waals surface area contributed by atoms with Gasteiger partial charge in [0, 0.05) is 51.3 Å². The number of aliphatic hydroxyl groups excluding tert-OH is 1. The van der Waals surface area contributed by atoms with Gasteiger partial charge < -0.3 is 20.2 Å². The van der Waals surface area contributed by atoms with Gasteiger partial charge in [-0.05, 0) is 25.7 Å². The van der Waals surface area contributed by atoms with Crippen molar-refractivity contribution in [3.8, 4) is 0 Å². The highest BCUT2D eigenvalue weighted by Gasteiger charge is 2.39. The first kappa shape index (κ1) is 15.6. The molecule has 2 fully saturated rings. The SMILES string of the molecule is CN(C)C(=O)N1CCC(NC2CCCC2(C)CO)CC1. The maximum absolute atomic E-state index is 11.9. The van der Waals surface area contributed by atoms with Crippen molar-refractivity contribution in [3.05, 3.63) is 0 Å². The number of nitrogens with zero attached hydrogens (tertiary/aromatic N) is 2. The smallest absolute Gasteiger partial charge is 0.319 e. The highest BCUT2D eigenvalue weighted by atomic mass is 16.3. The molecule has 116 valence electrons. The van der Waals surface area contributed by atoms with Crippen LogP contribution in [-0.2, 0) is 0 Å². The van der Waals surface area contributed by atoms with Crippen LogP contribution in [0.4, 0.5) is 4.79 Å². The predicted molar refractivity (Wildman–Crippen MR) is 79.6 cm³/mol. The van der Waals surface area contributed by atoms with E-state index in [2.05, 4.69) is 12.2 Å². The Bertz CT molecular complexity index is 340. The van der Waals surface area contributed by atoms with Gasteiger partial charge in [-0.3, -0.25) is 0 Å². The fraction of sp³-hybridized carbons (Fsp3) is 0.933. The average Bonchev–Trinajstić information content (AvgIpc) is 2.81. The normalized spacial score (nSPS) is 31.6. The van der Waals surface area contributed by atoms with Crippen molar-refractivity contribution < 1.29 is 9.90 Å². The quantitative estimate of drug-likeness (QED) is 0.820.